The largest absolute Gasteiger partial charge is 0.354 e. The van der Waals surface area contributed by atoms with Crippen LogP contribution in [0.3, 0.4) is 0 Å². The highest BCUT2D eigenvalue weighted by molar-refractivity contribution is 5.90. The van der Waals surface area contributed by atoms with Crippen molar-refractivity contribution >= 4 is 11.6 Å². The molecule has 2 rings (SSSR count). The molecular weight excluding hydrogens is 197 g/mol. The minimum Gasteiger partial charge on any atom is -0.354 e. The SMILES string of the molecule is CCOC1NC(=C=O)c2c(F)cccc21. The summed E-state index contributed by atoms with van der Waals surface area (Å²) in [6.45, 7) is 2.32. The topological polar surface area (TPSA) is 38.3 Å². The Morgan fingerprint density at radius 1 is 1.60 bits per heavy atom. The molecule has 4 heteroatoms. The molecule has 1 unspecified atom stereocenters. The van der Waals surface area contributed by atoms with Gasteiger partial charge < -0.3 is 10.1 Å². The van der Waals surface area contributed by atoms with E-state index in [-0.39, 0.29) is 11.3 Å². The van der Waals surface area contributed by atoms with Crippen molar-refractivity contribution in [1.29, 1.82) is 0 Å². The molecule has 3 nitrogen and oxygen atoms in total. The quantitative estimate of drug-likeness (QED) is 0.749. The van der Waals surface area contributed by atoms with Gasteiger partial charge in [0.15, 0.2) is 12.2 Å². The molecule has 1 heterocycles. The highest BCUT2D eigenvalue weighted by Crippen LogP contribution is 2.33. The van der Waals surface area contributed by atoms with E-state index in [4.69, 9.17) is 4.74 Å². The Hall–Kier alpha value is -1.64. The van der Waals surface area contributed by atoms with Gasteiger partial charge in [-0.2, -0.15) is 0 Å². The van der Waals surface area contributed by atoms with Crippen LogP contribution in [0.4, 0.5) is 4.39 Å². The number of hydrogen-bond donors (Lipinski definition) is 1. The average molecular weight is 207 g/mol. The molecule has 1 aromatic rings. The zero-order chi connectivity index (χ0) is 10.8. The first-order valence-electron chi connectivity index (χ1n) is 4.70. The smallest absolute Gasteiger partial charge is 0.155 e. The second-order valence-corrected chi connectivity index (χ2v) is 3.16. The van der Waals surface area contributed by atoms with Crippen molar-refractivity contribution in [1.82, 2.24) is 5.32 Å². The predicted octanol–water partition coefficient (Wildman–Crippen LogP) is 1.64. The molecule has 0 amide bonds. The van der Waals surface area contributed by atoms with Gasteiger partial charge >= 0.3 is 0 Å². The van der Waals surface area contributed by atoms with Crippen LogP contribution in [-0.4, -0.2) is 12.5 Å². The van der Waals surface area contributed by atoms with Gasteiger partial charge in [0.1, 0.15) is 11.5 Å². The lowest BCUT2D eigenvalue weighted by atomic mass is 10.1. The van der Waals surface area contributed by atoms with Crippen LogP contribution in [0.2, 0.25) is 0 Å². The molecule has 1 N–H and O–H groups in total. The van der Waals surface area contributed by atoms with Crippen molar-refractivity contribution in [3.63, 3.8) is 0 Å². The van der Waals surface area contributed by atoms with E-state index in [0.29, 0.717) is 12.2 Å². The van der Waals surface area contributed by atoms with Gasteiger partial charge in [-0.05, 0) is 13.0 Å². The first-order chi connectivity index (χ1) is 7.27. The molecule has 15 heavy (non-hydrogen) atoms. The molecule has 0 bridgehead atoms. The van der Waals surface area contributed by atoms with E-state index >= 15 is 0 Å². The van der Waals surface area contributed by atoms with Crippen molar-refractivity contribution in [2.75, 3.05) is 6.61 Å². The number of rotatable bonds is 2. The van der Waals surface area contributed by atoms with E-state index in [9.17, 15) is 9.18 Å². The lowest BCUT2D eigenvalue weighted by molar-refractivity contribution is 0.0545. The Balaban J connectivity index is 2.52. The summed E-state index contributed by atoms with van der Waals surface area (Å²) >= 11 is 0. The van der Waals surface area contributed by atoms with Crippen LogP contribution in [-0.2, 0) is 9.53 Å². The van der Waals surface area contributed by atoms with E-state index in [1.165, 1.54) is 6.07 Å². The summed E-state index contributed by atoms with van der Waals surface area (Å²) in [6, 6.07) is 4.64. The Kier molecular flexibility index (Phi) is 2.54. The van der Waals surface area contributed by atoms with Gasteiger partial charge in [-0.15, -0.1) is 0 Å². The van der Waals surface area contributed by atoms with Crippen molar-refractivity contribution < 1.29 is 13.9 Å². The first kappa shape index (κ1) is 9.90. The van der Waals surface area contributed by atoms with Crippen LogP contribution in [0.5, 0.6) is 0 Å². The predicted molar refractivity (Wildman–Crippen MR) is 53.0 cm³/mol. The first-order valence-corrected chi connectivity index (χ1v) is 4.70. The summed E-state index contributed by atoms with van der Waals surface area (Å²) in [5.74, 6) is 1.25. The standard InChI is InChI=1S/C11H10FNO2/c1-2-15-11-7-4-3-5-8(12)10(7)9(6-14)13-11/h3-5,11,13H,2H2,1H3. The minimum atomic E-state index is -0.447. The van der Waals surface area contributed by atoms with Gasteiger partial charge in [0, 0.05) is 12.2 Å². The summed E-state index contributed by atoms with van der Waals surface area (Å²) in [6.07, 6.45) is -0.447. The maximum absolute atomic E-state index is 13.4. The fourth-order valence-electron chi connectivity index (χ4n) is 1.68. The fraction of sp³-hybridized carbons (Fsp3) is 0.273. The van der Waals surface area contributed by atoms with Crippen LogP contribution < -0.4 is 5.32 Å². The number of nitrogens with one attached hydrogen (secondary N) is 1. The normalized spacial score (nSPS) is 18.3. The van der Waals surface area contributed by atoms with Gasteiger partial charge in [-0.25, -0.2) is 9.18 Å². The van der Waals surface area contributed by atoms with Gasteiger partial charge in [0.2, 0.25) is 0 Å². The molecular formula is C11H10FNO2. The minimum absolute atomic E-state index is 0.126. The van der Waals surface area contributed by atoms with Gasteiger partial charge in [-0.1, -0.05) is 12.1 Å². The average Bonchev–Trinajstić information content (AvgIpc) is 2.59. The van der Waals surface area contributed by atoms with Crippen LogP contribution in [0.15, 0.2) is 18.2 Å². The summed E-state index contributed by atoms with van der Waals surface area (Å²) in [5.41, 5.74) is 1.04. The molecule has 0 radical (unpaired) electrons. The van der Waals surface area contributed by atoms with Crippen LogP contribution >= 0.6 is 0 Å². The Bertz CT molecular complexity index is 438. The zero-order valence-corrected chi connectivity index (χ0v) is 8.21. The third-order valence-electron chi connectivity index (χ3n) is 2.29. The van der Waals surface area contributed by atoms with E-state index in [1.54, 1.807) is 18.1 Å². The third kappa shape index (κ3) is 1.54. The molecule has 1 aliphatic heterocycles. The Morgan fingerprint density at radius 3 is 3.07 bits per heavy atom. The maximum Gasteiger partial charge on any atom is 0.155 e. The van der Waals surface area contributed by atoms with E-state index in [0.717, 1.165) is 0 Å². The fourth-order valence-corrected chi connectivity index (χ4v) is 1.68. The molecule has 0 saturated carbocycles. The molecule has 78 valence electrons. The summed E-state index contributed by atoms with van der Waals surface area (Å²) < 4.78 is 18.8. The zero-order valence-electron chi connectivity index (χ0n) is 8.21. The molecule has 0 aromatic heterocycles. The summed E-state index contributed by atoms with van der Waals surface area (Å²) in [4.78, 5) is 10.6. The van der Waals surface area contributed by atoms with Crippen molar-refractivity contribution in [3.05, 3.63) is 35.1 Å². The van der Waals surface area contributed by atoms with Crippen molar-refractivity contribution in [2.45, 2.75) is 13.2 Å². The monoisotopic (exact) mass is 207 g/mol. The summed E-state index contributed by atoms with van der Waals surface area (Å²) in [7, 11) is 0. The highest BCUT2D eigenvalue weighted by atomic mass is 19.1. The third-order valence-corrected chi connectivity index (χ3v) is 2.29. The van der Waals surface area contributed by atoms with Gasteiger partial charge in [0.05, 0.1) is 5.56 Å². The number of hydrogen-bond acceptors (Lipinski definition) is 3. The summed E-state index contributed by atoms with van der Waals surface area (Å²) in [5, 5.41) is 2.78. The second kappa shape index (κ2) is 3.85. The van der Waals surface area contributed by atoms with Gasteiger partial charge in [-0.3, -0.25) is 0 Å². The molecule has 1 aliphatic rings. The van der Waals surface area contributed by atoms with Crippen molar-refractivity contribution in [3.8, 4) is 0 Å². The maximum atomic E-state index is 13.4. The number of halogens is 1. The molecule has 1 atom stereocenters. The lowest BCUT2D eigenvalue weighted by Crippen LogP contribution is -2.15. The molecule has 0 saturated heterocycles. The second-order valence-electron chi connectivity index (χ2n) is 3.16. The number of ether oxygens (including phenoxy) is 1. The number of benzene rings is 1. The molecule has 0 spiro atoms. The van der Waals surface area contributed by atoms with Gasteiger partial charge in [0.25, 0.3) is 0 Å². The Morgan fingerprint density at radius 2 is 2.40 bits per heavy atom. The van der Waals surface area contributed by atoms with E-state index in [1.807, 2.05) is 6.92 Å². The van der Waals surface area contributed by atoms with E-state index < -0.39 is 12.0 Å². The molecule has 0 aliphatic carbocycles. The van der Waals surface area contributed by atoms with Crippen LogP contribution in [0.25, 0.3) is 5.70 Å². The van der Waals surface area contributed by atoms with Crippen LogP contribution in [0.1, 0.15) is 24.3 Å². The lowest BCUT2D eigenvalue weighted by Gasteiger charge is -2.11. The van der Waals surface area contributed by atoms with Crippen LogP contribution in [0, 0.1) is 5.82 Å². The molecule has 0 fully saturated rings. The number of fused-ring (bicyclic) bond motifs is 1. The Labute approximate surface area is 86.6 Å². The highest BCUT2D eigenvalue weighted by Gasteiger charge is 2.29. The number of carbonyl (C=O) groups excluding carboxylic acids is 1. The van der Waals surface area contributed by atoms with Crippen molar-refractivity contribution in [2.24, 2.45) is 0 Å². The molecule has 1 aromatic carbocycles. The van der Waals surface area contributed by atoms with E-state index in [2.05, 4.69) is 5.32 Å².